The molecule has 0 aliphatic carbocycles. The highest BCUT2D eigenvalue weighted by Crippen LogP contribution is 2.34. The molecular formula is C17H28N2O5. The summed E-state index contributed by atoms with van der Waals surface area (Å²) in [4.78, 5) is 40.1. The van der Waals surface area contributed by atoms with Gasteiger partial charge < -0.3 is 14.4 Å². The molecule has 7 nitrogen and oxygen atoms in total. The van der Waals surface area contributed by atoms with Crippen LogP contribution in [-0.2, 0) is 14.3 Å². The molecule has 24 heavy (non-hydrogen) atoms. The fraction of sp³-hybridized carbons (Fsp3) is 0.824. The first-order valence-corrected chi connectivity index (χ1v) is 8.68. The van der Waals surface area contributed by atoms with E-state index in [2.05, 4.69) is 0 Å². The Labute approximate surface area is 143 Å². The van der Waals surface area contributed by atoms with Gasteiger partial charge in [0.2, 0.25) is 0 Å². The third kappa shape index (κ3) is 3.49. The van der Waals surface area contributed by atoms with Crippen molar-refractivity contribution in [2.24, 2.45) is 0 Å². The summed E-state index contributed by atoms with van der Waals surface area (Å²) in [6, 6.07) is -0.355. The van der Waals surface area contributed by atoms with Crippen molar-refractivity contribution in [2.75, 3.05) is 13.1 Å². The second-order valence-electron chi connectivity index (χ2n) is 7.47. The summed E-state index contributed by atoms with van der Waals surface area (Å²) in [6.07, 6.45) is 1.28. The summed E-state index contributed by atoms with van der Waals surface area (Å²) in [6.45, 7) is 9.96. The monoisotopic (exact) mass is 340 g/mol. The maximum atomic E-state index is 12.7. The number of hydrogen-bond donors (Lipinski definition) is 0. The number of nitrogens with zero attached hydrogens (tertiary/aromatic N) is 2. The summed E-state index contributed by atoms with van der Waals surface area (Å²) in [5.74, 6) is -0.284. The van der Waals surface area contributed by atoms with E-state index in [0.717, 1.165) is 0 Å². The normalized spacial score (nSPS) is 24.1. The van der Waals surface area contributed by atoms with Crippen molar-refractivity contribution >= 4 is 18.1 Å². The van der Waals surface area contributed by atoms with Gasteiger partial charge in [-0.15, -0.1) is 0 Å². The molecule has 2 heterocycles. The van der Waals surface area contributed by atoms with E-state index in [4.69, 9.17) is 9.47 Å². The predicted octanol–water partition coefficient (Wildman–Crippen LogP) is 2.92. The first-order chi connectivity index (χ1) is 11.1. The molecule has 0 aromatic heterocycles. The standard InChI is InChI=1S/C17H28N2O5/c1-6-17(7-2)13(20)19(15(22)24-17)12-9-8-10-18(11-12)14(21)23-16(3,4)5/h12H,6-11H2,1-5H3/t12-/m0/s1. The van der Waals surface area contributed by atoms with E-state index in [9.17, 15) is 14.4 Å². The van der Waals surface area contributed by atoms with Gasteiger partial charge in [0.05, 0.1) is 6.04 Å². The topological polar surface area (TPSA) is 76.2 Å². The first kappa shape index (κ1) is 18.5. The molecule has 0 spiro atoms. The van der Waals surface area contributed by atoms with Crippen LogP contribution in [0.1, 0.15) is 60.3 Å². The molecule has 0 N–H and O–H groups in total. The quantitative estimate of drug-likeness (QED) is 0.789. The minimum absolute atomic E-state index is 0.284. The molecule has 2 saturated heterocycles. The molecule has 2 aliphatic heterocycles. The molecular weight excluding hydrogens is 312 g/mol. The van der Waals surface area contributed by atoms with E-state index in [0.29, 0.717) is 38.8 Å². The third-order valence-corrected chi connectivity index (χ3v) is 4.64. The van der Waals surface area contributed by atoms with Crippen molar-refractivity contribution in [1.29, 1.82) is 0 Å². The van der Waals surface area contributed by atoms with Crippen molar-refractivity contribution in [2.45, 2.75) is 77.5 Å². The summed E-state index contributed by atoms with van der Waals surface area (Å²) >= 11 is 0. The van der Waals surface area contributed by atoms with Crippen molar-refractivity contribution < 1.29 is 23.9 Å². The number of hydrogen-bond acceptors (Lipinski definition) is 5. The van der Waals surface area contributed by atoms with Crippen LogP contribution in [0.25, 0.3) is 0 Å². The molecule has 0 aromatic carbocycles. The van der Waals surface area contributed by atoms with E-state index in [1.54, 1.807) is 4.90 Å². The molecule has 0 bridgehead atoms. The number of rotatable bonds is 3. The largest absolute Gasteiger partial charge is 0.444 e. The minimum atomic E-state index is -1.05. The molecule has 2 rings (SSSR count). The second kappa shape index (κ2) is 6.61. The molecule has 0 saturated carbocycles. The maximum absolute atomic E-state index is 12.7. The van der Waals surface area contributed by atoms with Crippen LogP contribution in [0.15, 0.2) is 0 Å². The smallest absolute Gasteiger partial charge is 0.418 e. The fourth-order valence-corrected chi connectivity index (χ4v) is 3.23. The predicted molar refractivity (Wildman–Crippen MR) is 87.5 cm³/mol. The van der Waals surface area contributed by atoms with Crippen LogP contribution >= 0.6 is 0 Å². The Hall–Kier alpha value is -1.79. The van der Waals surface area contributed by atoms with Crippen molar-refractivity contribution in [1.82, 2.24) is 9.80 Å². The van der Waals surface area contributed by atoms with Gasteiger partial charge in [-0.3, -0.25) is 4.79 Å². The van der Waals surface area contributed by atoms with Gasteiger partial charge in [0, 0.05) is 13.1 Å². The number of cyclic esters (lactones) is 1. The molecule has 1 atom stereocenters. The lowest BCUT2D eigenvalue weighted by molar-refractivity contribution is -0.139. The van der Waals surface area contributed by atoms with Gasteiger partial charge in [0.1, 0.15) is 5.60 Å². The van der Waals surface area contributed by atoms with Gasteiger partial charge in [-0.25, -0.2) is 14.5 Å². The van der Waals surface area contributed by atoms with E-state index >= 15 is 0 Å². The number of carbonyl (C=O) groups excluding carboxylic acids is 3. The van der Waals surface area contributed by atoms with Crippen LogP contribution in [0.2, 0.25) is 0 Å². The zero-order chi connectivity index (χ0) is 18.1. The number of imide groups is 1. The maximum Gasteiger partial charge on any atom is 0.418 e. The average molecular weight is 340 g/mol. The summed E-state index contributed by atoms with van der Waals surface area (Å²) in [5, 5.41) is 0. The van der Waals surface area contributed by atoms with Gasteiger partial charge in [-0.2, -0.15) is 0 Å². The van der Waals surface area contributed by atoms with Gasteiger partial charge in [-0.1, -0.05) is 13.8 Å². The molecule has 0 aromatic rings. The number of likely N-dealkylation sites (tertiary alicyclic amines) is 1. The molecule has 3 amide bonds. The highest BCUT2D eigenvalue weighted by Gasteiger charge is 2.54. The Morgan fingerprint density at radius 1 is 1.29 bits per heavy atom. The molecule has 2 aliphatic rings. The van der Waals surface area contributed by atoms with Crippen molar-refractivity contribution in [3.05, 3.63) is 0 Å². The van der Waals surface area contributed by atoms with Crippen LogP contribution in [0.5, 0.6) is 0 Å². The SMILES string of the molecule is CCC1(CC)OC(=O)N([C@H]2CCCN(C(=O)OC(C)(C)C)C2)C1=O. The summed E-state index contributed by atoms with van der Waals surface area (Å²) in [5.41, 5.74) is -1.63. The van der Waals surface area contributed by atoms with Gasteiger partial charge >= 0.3 is 12.2 Å². The number of piperidine rings is 1. The Kier molecular flexibility index (Phi) is 5.11. The highest BCUT2D eigenvalue weighted by atomic mass is 16.6. The lowest BCUT2D eigenvalue weighted by Gasteiger charge is -2.36. The second-order valence-corrected chi connectivity index (χ2v) is 7.47. The van der Waals surface area contributed by atoms with E-state index in [1.165, 1.54) is 4.90 Å². The van der Waals surface area contributed by atoms with Gasteiger partial charge in [0.15, 0.2) is 5.60 Å². The Morgan fingerprint density at radius 2 is 1.92 bits per heavy atom. The zero-order valence-corrected chi connectivity index (χ0v) is 15.3. The van der Waals surface area contributed by atoms with E-state index in [1.807, 2.05) is 34.6 Å². The third-order valence-electron chi connectivity index (χ3n) is 4.64. The van der Waals surface area contributed by atoms with Crippen LogP contribution in [-0.4, -0.2) is 58.2 Å². The molecule has 7 heteroatoms. The first-order valence-electron chi connectivity index (χ1n) is 8.68. The highest BCUT2D eigenvalue weighted by molar-refractivity contribution is 6.03. The van der Waals surface area contributed by atoms with Crippen molar-refractivity contribution in [3.63, 3.8) is 0 Å². The number of amides is 3. The minimum Gasteiger partial charge on any atom is -0.444 e. The average Bonchev–Trinajstić information content (AvgIpc) is 2.76. The molecule has 0 unspecified atom stereocenters. The van der Waals surface area contributed by atoms with Crippen LogP contribution in [0.4, 0.5) is 9.59 Å². The van der Waals surface area contributed by atoms with Crippen LogP contribution in [0, 0.1) is 0 Å². The number of carbonyl (C=O) groups is 3. The lowest BCUT2D eigenvalue weighted by Crippen LogP contribution is -2.53. The lowest BCUT2D eigenvalue weighted by atomic mass is 9.95. The van der Waals surface area contributed by atoms with Crippen molar-refractivity contribution in [3.8, 4) is 0 Å². The Bertz CT molecular complexity index is 522. The Morgan fingerprint density at radius 3 is 2.42 bits per heavy atom. The number of ether oxygens (including phenoxy) is 2. The fourth-order valence-electron chi connectivity index (χ4n) is 3.23. The van der Waals surface area contributed by atoms with Crippen LogP contribution < -0.4 is 0 Å². The zero-order valence-electron chi connectivity index (χ0n) is 15.3. The molecule has 0 radical (unpaired) electrons. The van der Waals surface area contributed by atoms with E-state index < -0.39 is 23.4 Å². The summed E-state index contributed by atoms with van der Waals surface area (Å²) < 4.78 is 10.8. The van der Waals surface area contributed by atoms with E-state index in [-0.39, 0.29) is 11.9 Å². The van der Waals surface area contributed by atoms with Gasteiger partial charge in [0.25, 0.3) is 5.91 Å². The molecule has 2 fully saturated rings. The summed E-state index contributed by atoms with van der Waals surface area (Å²) in [7, 11) is 0. The van der Waals surface area contributed by atoms with Gasteiger partial charge in [-0.05, 0) is 46.5 Å². The van der Waals surface area contributed by atoms with Crippen LogP contribution in [0.3, 0.4) is 0 Å². The Balaban J connectivity index is 2.11. The molecule has 136 valence electrons.